The standard InChI is InChI=1S/C18H24N2O2/c1-12-5-4-8-20(11-12)16(21)10-13-6-7-15-14(9-13)18(2,3)17(22)19-15/h6-7,9,12H,4-5,8,10-11H2,1-3H3,(H,19,22). The summed E-state index contributed by atoms with van der Waals surface area (Å²) in [4.78, 5) is 26.4. The van der Waals surface area contributed by atoms with Crippen molar-refractivity contribution in [3.8, 4) is 0 Å². The van der Waals surface area contributed by atoms with Crippen molar-refractivity contribution >= 4 is 17.5 Å². The number of hydrogen-bond acceptors (Lipinski definition) is 2. The minimum absolute atomic E-state index is 0.0239. The normalized spacial score (nSPS) is 23.1. The third-order valence-electron chi connectivity index (χ3n) is 4.94. The Morgan fingerprint density at radius 3 is 2.91 bits per heavy atom. The smallest absolute Gasteiger partial charge is 0.234 e. The lowest BCUT2D eigenvalue weighted by Crippen LogP contribution is -2.39. The number of hydrogen-bond donors (Lipinski definition) is 1. The van der Waals surface area contributed by atoms with E-state index in [1.165, 1.54) is 6.42 Å². The molecule has 1 unspecified atom stereocenters. The molecule has 1 saturated heterocycles. The van der Waals surface area contributed by atoms with Crippen molar-refractivity contribution < 1.29 is 9.59 Å². The molecule has 0 spiro atoms. The summed E-state index contributed by atoms with van der Waals surface area (Å²) in [7, 11) is 0. The Balaban J connectivity index is 1.76. The fourth-order valence-electron chi connectivity index (χ4n) is 3.43. The monoisotopic (exact) mass is 300 g/mol. The van der Waals surface area contributed by atoms with Crippen molar-refractivity contribution in [1.29, 1.82) is 0 Å². The molecular weight excluding hydrogens is 276 g/mol. The molecule has 1 atom stereocenters. The summed E-state index contributed by atoms with van der Waals surface area (Å²) in [5, 5.41) is 2.90. The second-order valence-corrected chi connectivity index (χ2v) is 7.22. The molecular formula is C18H24N2O2. The van der Waals surface area contributed by atoms with E-state index in [9.17, 15) is 9.59 Å². The molecule has 118 valence electrons. The zero-order valence-electron chi connectivity index (χ0n) is 13.6. The summed E-state index contributed by atoms with van der Waals surface area (Å²) in [6, 6.07) is 5.88. The van der Waals surface area contributed by atoms with E-state index in [2.05, 4.69) is 12.2 Å². The number of fused-ring (bicyclic) bond motifs is 1. The van der Waals surface area contributed by atoms with Gasteiger partial charge in [-0.1, -0.05) is 19.1 Å². The van der Waals surface area contributed by atoms with E-state index in [1.807, 2.05) is 36.9 Å². The van der Waals surface area contributed by atoms with E-state index in [4.69, 9.17) is 0 Å². The summed E-state index contributed by atoms with van der Waals surface area (Å²) in [6.07, 6.45) is 2.73. The van der Waals surface area contributed by atoms with Crippen LogP contribution < -0.4 is 5.32 Å². The molecule has 2 aliphatic heterocycles. The highest BCUT2D eigenvalue weighted by atomic mass is 16.2. The van der Waals surface area contributed by atoms with Crippen molar-refractivity contribution in [3.63, 3.8) is 0 Å². The summed E-state index contributed by atoms with van der Waals surface area (Å²) in [6.45, 7) is 7.79. The SMILES string of the molecule is CC1CCCN(C(=O)Cc2ccc3c(c2)C(C)(C)C(=O)N3)C1. The summed E-state index contributed by atoms with van der Waals surface area (Å²) >= 11 is 0. The maximum atomic E-state index is 12.5. The number of nitrogens with one attached hydrogen (secondary N) is 1. The zero-order valence-corrected chi connectivity index (χ0v) is 13.6. The maximum absolute atomic E-state index is 12.5. The average molecular weight is 300 g/mol. The first kappa shape index (κ1) is 15.1. The van der Waals surface area contributed by atoms with Gasteiger partial charge in [0.1, 0.15) is 0 Å². The molecule has 1 aromatic rings. The Morgan fingerprint density at radius 2 is 2.18 bits per heavy atom. The quantitative estimate of drug-likeness (QED) is 0.913. The Hall–Kier alpha value is -1.84. The lowest BCUT2D eigenvalue weighted by atomic mass is 9.85. The minimum atomic E-state index is -0.520. The molecule has 4 heteroatoms. The highest BCUT2D eigenvalue weighted by Crippen LogP contribution is 2.37. The predicted molar refractivity (Wildman–Crippen MR) is 86.8 cm³/mol. The Morgan fingerprint density at radius 1 is 1.41 bits per heavy atom. The van der Waals surface area contributed by atoms with E-state index >= 15 is 0 Å². The summed E-state index contributed by atoms with van der Waals surface area (Å²) in [5.41, 5.74) is 2.34. The van der Waals surface area contributed by atoms with E-state index in [-0.39, 0.29) is 11.8 Å². The van der Waals surface area contributed by atoms with Crippen LogP contribution in [0.15, 0.2) is 18.2 Å². The van der Waals surface area contributed by atoms with E-state index in [0.717, 1.165) is 36.3 Å². The number of anilines is 1. The molecule has 0 radical (unpaired) electrons. The Bertz CT molecular complexity index is 622. The van der Waals surface area contributed by atoms with Crippen LogP contribution in [-0.2, 0) is 21.4 Å². The molecule has 2 amide bonds. The first-order chi connectivity index (χ1) is 10.4. The highest BCUT2D eigenvalue weighted by molar-refractivity contribution is 6.05. The van der Waals surface area contributed by atoms with E-state index in [0.29, 0.717) is 12.3 Å². The molecule has 1 fully saturated rings. The fourth-order valence-corrected chi connectivity index (χ4v) is 3.43. The molecule has 1 N–H and O–H groups in total. The van der Waals surface area contributed by atoms with Gasteiger partial charge in [-0.2, -0.15) is 0 Å². The molecule has 4 nitrogen and oxygen atoms in total. The number of benzene rings is 1. The number of carbonyl (C=O) groups is 2. The molecule has 3 rings (SSSR count). The molecule has 0 bridgehead atoms. The van der Waals surface area contributed by atoms with Gasteiger partial charge >= 0.3 is 0 Å². The van der Waals surface area contributed by atoms with Crippen molar-refractivity contribution in [2.45, 2.75) is 45.4 Å². The van der Waals surface area contributed by atoms with Crippen molar-refractivity contribution in [2.24, 2.45) is 5.92 Å². The van der Waals surface area contributed by atoms with Crippen molar-refractivity contribution in [3.05, 3.63) is 29.3 Å². The molecule has 2 aliphatic rings. The van der Waals surface area contributed by atoms with Crippen LogP contribution in [-0.4, -0.2) is 29.8 Å². The van der Waals surface area contributed by atoms with Gasteiger partial charge in [-0.05, 0) is 49.8 Å². The second-order valence-electron chi connectivity index (χ2n) is 7.22. The van der Waals surface area contributed by atoms with Gasteiger partial charge in [0.05, 0.1) is 11.8 Å². The van der Waals surface area contributed by atoms with Crippen molar-refractivity contribution in [2.75, 3.05) is 18.4 Å². The first-order valence-electron chi connectivity index (χ1n) is 8.10. The third kappa shape index (κ3) is 2.62. The lowest BCUT2D eigenvalue weighted by Gasteiger charge is -2.31. The maximum Gasteiger partial charge on any atom is 0.234 e. The third-order valence-corrected chi connectivity index (χ3v) is 4.94. The van der Waals surface area contributed by atoms with Crippen LogP contribution in [0.25, 0.3) is 0 Å². The van der Waals surface area contributed by atoms with E-state index in [1.54, 1.807) is 0 Å². The van der Waals surface area contributed by atoms with Crippen molar-refractivity contribution in [1.82, 2.24) is 4.90 Å². The van der Waals surface area contributed by atoms with Crippen LogP contribution in [0.5, 0.6) is 0 Å². The number of piperidine rings is 1. The molecule has 22 heavy (non-hydrogen) atoms. The number of nitrogens with zero attached hydrogens (tertiary/aromatic N) is 1. The summed E-state index contributed by atoms with van der Waals surface area (Å²) < 4.78 is 0. The average Bonchev–Trinajstić information content (AvgIpc) is 2.70. The van der Waals surface area contributed by atoms with Crippen LogP contribution in [0.4, 0.5) is 5.69 Å². The van der Waals surface area contributed by atoms with Crippen LogP contribution in [0.3, 0.4) is 0 Å². The Labute approximate surface area is 131 Å². The fraction of sp³-hybridized carbons (Fsp3) is 0.556. The van der Waals surface area contributed by atoms with Gasteiger partial charge in [-0.25, -0.2) is 0 Å². The molecule has 1 aromatic carbocycles. The van der Waals surface area contributed by atoms with Crippen LogP contribution >= 0.6 is 0 Å². The zero-order chi connectivity index (χ0) is 15.9. The molecule has 0 aromatic heterocycles. The topological polar surface area (TPSA) is 49.4 Å². The van der Waals surface area contributed by atoms with Crippen LogP contribution in [0.1, 0.15) is 44.7 Å². The highest BCUT2D eigenvalue weighted by Gasteiger charge is 2.38. The number of amides is 2. The summed E-state index contributed by atoms with van der Waals surface area (Å²) in [5.74, 6) is 0.816. The largest absolute Gasteiger partial charge is 0.342 e. The lowest BCUT2D eigenvalue weighted by molar-refractivity contribution is -0.132. The van der Waals surface area contributed by atoms with Gasteiger partial charge in [-0.3, -0.25) is 9.59 Å². The van der Waals surface area contributed by atoms with Crippen LogP contribution in [0, 0.1) is 5.92 Å². The number of rotatable bonds is 2. The second kappa shape index (κ2) is 5.41. The van der Waals surface area contributed by atoms with Gasteiger partial charge in [0.15, 0.2) is 0 Å². The molecule has 2 heterocycles. The van der Waals surface area contributed by atoms with Gasteiger partial charge in [-0.15, -0.1) is 0 Å². The van der Waals surface area contributed by atoms with Gasteiger partial charge in [0, 0.05) is 18.8 Å². The van der Waals surface area contributed by atoms with E-state index < -0.39 is 5.41 Å². The number of carbonyl (C=O) groups excluding carboxylic acids is 2. The molecule has 0 aliphatic carbocycles. The Kier molecular flexibility index (Phi) is 3.71. The molecule has 0 saturated carbocycles. The van der Waals surface area contributed by atoms with Crippen LogP contribution in [0.2, 0.25) is 0 Å². The predicted octanol–water partition coefficient (Wildman–Crippen LogP) is 2.72. The van der Waals surface area contributed by atoms with Gasteiger partial charge < -0.3 is 10.2 Å². The van der Waals surface area contributed by atoms with Gasteiger partial charge in [0.25, 0.3) is 0 Å². The first-order valence-corrected chi connectivity index (χ1v) is 8.10. The minimum Gasteiger partial charge on any atom is -0.342 e. The number of likely N-dealkylation sites (tertiary alicyclic amines) is 1. The van der Waals surface area contributed by atoms with Gasteiger partial charge in [0.2, 0.25) is 11.8 Å².